The molecule has 0 saturated heterocycles. The maximum Gasteiger partial charge on any atom is 0.404 e. The Hall–Kier alpha value is -2.32. The van der Waals surface area contributed by atoms with E-state index in [1.165, 1.54) is 32.1 Å². The Balaban J connectivity index is 1.72. The second-order valence-electron chi connectivity index (χ2n) is 9.18. The fraction of sp³-hybridized carbons (Fsp3) is 0.481. The van der Waals surface area contributed by atoms with E-state index < -0.39 is 12.2 Å². The number of amides is 2. The Morgan fingerprint density at radius 3 is 2.47 bits per heavy atom. The average molecular weight is 537 g/mol. The van der Waals surface area contributed by atoms with E-state index in [4.69, 9.17) is 38.4 Å². The van der Waals surface area contributed by atoms with Gasteiger partial charge in [0, 0.05) is 28.2 Å². The number of hydrogen-bond donors (Lipinski definition) is 3. The van der Waals surface area contributed by atoms with Crippen molar-refractivity contribution >= 4 is 35.2 Å². The molecule has 1 saturated carbocycles. The van der Waals surface area contributed by atoms with Gasteiger partial charge in [-0.05, 0) is 60.8 Å². The van der Waals surface area contributed by atoms with Gasteiger partial charge in [0.05, 0.1) is 6.61 Å². The molecule has 2 amide bonds. The summed E-state index contributed by atoms with van der Waals surface area (Å²) in [4.78, 5) is 24.0. The van der Waals surface area contributed by atoms with Crippen LogP contribution in [0, 0.1) is 5.92 Å². The Morgan fingerprint density at radius 2 is 1.78 bits per heavy atom. The minimum atomic E-state index is -0.872. The van der Waals surface area contributed by atoms with E-state index in [9.17, 15) is 9.59 Å². The van der Waals surface area contributed by atoms with Gasteiger partial charge in [0.2, 0.25) is 0 Å². The van der Waals surface area contributed by atoms with Gasteiger partial charge in [-0.25, -0.2) is 4.79 Å². The van der Waals surface area contributed by atoms with E-state index in [0.29, 0.717) is 33.6 Å². The van der Waals surface area contributed by atoms with Crippen molar-refractivity contribution in [1.82, 2.24) is 10.6 Å². The van der Waals surface area contributed by atoms with Gasteiger partial charge in [0.1, 0.15) is 12.7 Å². The minimum absolute atomic E-state index is 0.00723. The Bertz CT molecular complexity index is 1010. The third-order valence-electron chi connectivity index (χ3n) is 6.51. The molecule has 0 aromatic heterocycles. The lowest BCUT2D eigenvalue weighted by molar-refractivity contribution is 0.0422. The molecule has 196 valence electrons. The molecular formula is C27H35Cl2N3O4. The molecule has 0 aliphatic heterocycles. The van der Waals surface area contributed by atoms with Crippen molar-refractivity contribution in [2.75, 3.05) is 26.8 Å². The zero-order chi connectivity index (χ0) is 25.9. The number of likely N-dealkylation sites (N-methyl/N-ethyl adjacent to an activating group) is 1. The smallest absolute Gasteiger partial charge is 0.404 e. The van der Waals surface area contributed by atoms with E-state index in [2.05, 4.69) is 10.6 Å². The molecule has 4 N–H and O–H groups in total. The van der Waals surface area contributed by atoms with Crippen LogP contribution in [-0.4, -0.2) is 44.8 Å². The van der Waals surface area contributed by atoms with Crippen LogP contribution in [0.2, 0.25) is 10.0 Å². The number of carbonyl (C=O) groups excluding carboxylic acids is 2. The molecule has 2 aromatic rings. The number of halogens is 2. The van der Waals surface area contributed by atoms with E-state index in [1.54, 1.807) is 30.3 Å². The van der Waals surface area contributed by atoms with Crippen molar-refractivity contribution in [3.63, 3.8) is 0 Å². The van der Waals surface area contributed by atoms with Crippen LogP contribution in [0.5, 0.6) is 0 Å². The molecule has 2 aromatic carbocycles. The SMILES string of the molecule is CN[C@@H](CNC(=O)c1cc(Cl)cc(C(OCCOC(N)=O)c2cccc(Cl)c2)c1)CC1CCCCC1. The number of rotatable bonds is 12. The molecule has 7 nitrogen and oxygen atoms in total. The van der Waals surface area contributed by atoms with E-state index >= 15 is 0 Å². The Labute approximate surface area is 223 Å². The van der Waals surface area contributed by atoms with E-state index in [-0.39, 0.29) is 25.2 Å². The van der Waals surface area contributed by atoms with Gasteiger partial charge in [-0.1, -0.05) is 67.4 Å². The fourth-order valence-corrected chi connectivity index (χ4v) is 5.15. The molecule has 1 aliphatic rings. The number of ether oxygens (including phenoxy) is 2. The molecule has 1 unspecified atom stereocenters. The van der Waals surface area contributed by atoms with Gasteiger partial charge in [0.15, 0.2) is 0 Å². The quantitative estimate of drug-likeness (QED) is 0.312. The van der Waals surface area contributed by atoms with Crippen molar-refractivity contribution in [3.05, 3.63) is 69.2 Å². The number of primary amides is 1. The highest BCUT2D eigenvalue weighted by Crippen LogP contribution is 2.31. The average Bonchev–Trinajstić information content (AvgIpc) is 2.86. The van der Waals surface area contributed by atoms with Gasteiger partial charge >= 0.3 is 6.09 Å². The summed E-state index contributed by atoms with van der Waals surface area (Å²) in [6.45, 7) is 0.623. The zero-order valence-electron chi connectivity index (χ0n) is 20.6. The maximum atomic E-state index is 13.1. The van der Waals surface area contributed by atoms with Gasteiger partial charge in [-0.2, -0.15) is 0 Å². The van der Waals surface area contributed by atoms with Gasteiger partial charge in [-0.15, -0.1) is 0 Å². The van der Waals surface area contributed by atoms with Gasteiger partial charge < -0.3 is 25.8 Å². The molecular weight excluding hydrogens is 501 g/mol. The van der Waals surface area contributed by atoms with Crippen LogP contribution in [0.4, 0.5) is 4.79 Å². The van der Waals surface area contributed by atoms with Crippen LogP contribution in [0.25, 0.3) is 0 Å². The Morgan fingerprint density at radius 1 is 1.03 bits per heavy atom. The summed E-state index contributed by atoms with van der Waals surface area (Å²) in [7, 11) is 1.94. The standard InChI is InChI=1S/C27H35Cl2N3O4/c1-31-24(12-18-6-3-2-4-7-18)17-32-26(33)21-13-20(15-23(29)16-21)25(35-10-11-36-27(30)34)19-8-5-9-22(28)14-19/h5,8-9,13-16,18,24-25,31H,2-4,6-7,10-12,17H2,1H3,(H2,30,34)(H,32,33)/t24-,25?/m1/s1. The first-order chi connectivity index (χ1) is 17.4. The molecule has 9 heteroatoms. The summed E-state index contributed by atoms with van der Waals surface area (Å²) >= 11 is 12.6. The predicted molar refractivity (Wildman–Crippen MR) is 143 cm³/mol. The van der Waals surface area contributed by atoms with Crippen molar-refractivity contribution in [2.24, 2.45) is 11.7 Å². The number of nitrogens with one attached hydrogen (secondary N) is 2. The van der Waals surface area contributed by atoms with Crippen LogP contribution in [0.15, 0.2) is 42.5 Å². The summed E-state index contributed by atoms with van der Waals surface area (Å²) in [5.41, 5.74) is 6.93. The summed E-state index contributed by atoms with van der Waals surface area (Å²) in [5.74, 6) is 0.504. The molecule has 36 heavy (non-hydrogen) atoms. The lowest BCUT2D eigenvalue weighted by Gasteiger charge is -2.26. The van der Waals surface area contributed by atoms with Crippen LogP contribution in [0.1, 0.15) is 66.1 Å². The summed E-state index contributed by atoms with van der Waals surface area (Å²) in [5, 5.41) is 7.35. The third-order valence-corrected chi connectivity index (χ3v) is 6.96. The molecule has 1 aliphatic carbocycles. The van der Waals surface area contributed by atoms with Crippen LogP contribution in [-0.2, 0) is 9.47 Å². The first-order valence-electron chi connectivity index (χ1n) is 12.4. The molecule has 0 radical (unpaired) electrons. The summed E-state index contributed by atoms with van der Waals surface area (Å²) < 4.78 is 10.8. The monoisotopic (exact) mass is 535 g/mol. The summed E-state index contributed by atoms with van der Waals surface area (Å²) in [6.07, 6.45) is 6.04. The van der Waals surface area contributed by atoms with Gasteiger partial charge in [0.25, 0.3) is 5.91 Å². The van der Waals surface area contributed by atoms with Crippen LogP contribution < -0.4 is 16.4 Å². The lowest BCUT2D eigenvalue weighted by atomic mass is 9.85. The van der Waals surface area contributed by atoms with Crippen molar-refractivity contribution in [1.29, 1.82) is 0 Å². The number of carbonyl (C=O) groups is 2. The predicted octanol–water partition coefficient (Wildman–Crippen LogP) is 5.48. The molecule has 2 atom stereocenters. The van der Waals surface area contributed by atoms with Crippen LogP contribution >= 0.6 is 23.2 Å². The fourth-order valence-electron chi connectivity index (χ4n) is 4.70. The Kier molecular flexibility index (Phi) is 11.3. The normalized spacial score (nSPS) is 15.8. The molecule has 1 fully saturated rings. The maximum absolute atomic E-state index is 13.1. The first-order valence-corrected chi connectivity index (χ1v) is 13.2. The highest BCUT2D eigenvalue weighted by Gasteiger charge is 2.21. The minimum Gasteiger partial charge on any atom is -0.447 e. The molecule has 3 rings (SSSR count). The number of hydrogen-bond acceptors (Lipinski definition) is 5. The first kappa shape index (κ1) is 28.3. The van der Waals surface area contributed by atoms with Crippen molar-refractivity contribution < 1.29 is 19.1 Å². The summed E-state index contributed by atoms with van der Waals surface area (Å²) in [6, 6.07) is 12.6. The van der Waals surface area contributed by atoms with Crippen molar-refractivity contribution in [3.8, 4) is 0 Å². The van der Waals surface area contributed by atoms with Gasteiger partial charge in [-0.3, -0.25) is 4.79 Å². The second-order valence-corrected chi connectivity index (χ2v) is 10.1. The van der Waals surface area contributed by atoms with E-state index in [1.807, 2.05) is 19.2 Å². The highest BCUT2D eigenvalue weighted by molar-refractivity contribution is 6.31. The molecule has 0 bridgehead atoms. The number of nitrogens with two attached hydrogens (primary N) is 1. The van der Waals surface area contributed by atoms with E-state index in [0.717, 1.165) is 12.0 Å². The highest BCUT2D eigenvalue weighted by atomic mass is 35.5. The topological polar surface area (TPSA) is 103 Å². The zero-order valence-corrected chi connectivity index (χ0v) is 22.1. The molecule has 0 spiro atoms. The lowest BCUT2D eigenvalue weighted by Crippen LogP contribution is -2.40. The largest absolute Gasteiger partial charge is 0.447 e. The third kappa shape index (κ3) is 8.96. The molecule has 0 heterocycles. The van der Waals surface area contributed by atoms with Crippen LogP contribution in [0.3, 0.4) is 0 Å². The number of benzene rings is 2. The second kappa shape index (κ2) is 14.4. The van der Waals surface area contributed by atoms with Crippen molar-refractivity contribution in [2.45, 2.75) is 50.7 Å².